The number of phenolic OH excluding ortho intramolecular Hbond substituents is 1. The van der Waals surface area contributed by atoms with Crippen molar-refractivity contribution in [1.82, 2.24) is 14.5 Å². The molecule has 0 spiro atoms. The lowest BCUT2D eigenvalue weighted by Gasteiger charge is -2.35. The fourth-order valence-electron chi connectivity index (χ4n) is 7.98. The molecule has 1 aliphatic carbocycles. The summed E-state index contributed by atoms with van der Waals surface area (Å²) in [6.07, 6.45) is -0.241. The van der Waals surface area contributed by atoms with Gasteiger partial charge in [0.15, 0.2) is 0 Å². The molecule has 4 heterocycles. The molecule has 3 aliphatic rings. The average Bonchev–Trinajstić information content (AvgIpc) is 3.73. The van der Waals surface area contributed by atoms with E-state index in [2.05, 4.69) is 5.16 Å². The summed E-state index contributed by atoms with van der Waals surface area (Å²) < 4.78 is 12.6. The molecule has 318 valence electrons. The second kappa shape index (κ2) is 15.3. The predicted octanol–water partition coefficient (Wildman–Crippen LogP) is 4.90. The van der Waals surface area contributed by atoms with Crippen molar-refractivity contribution in [3.63, 3.8) is 0 Å². The van der Waals surface area contributed by atoms with E-state index < -0.39 is 107 Å². The highest BCUT2D eigenvalue weighted by molar-refractivity contribution is 6.27. The van der Waals surface area contributed by atoms with Gasteiger partial charge in [0.25, 0.3) is 28.3 Å². The van der Waals surface area contributed by atoms with Crippen LogP contribution in [0.4, 0.5) is 22.7 Å². The maximum atomic E-state index is 14.1. The number of nitro groups is 4. The lowest BCUT2D eigenvalue weighted by atomic mass is 9.85. The van der Waals surface area contributed by atoms with E-state index in [1.54, 1.807) is 6.07 Å². The number of nitrogens with zero attached hydrogens (tertiary/aromatic N) is 8. The summed E-state index contributed by atoms with van der Waals surface area (Å²) in [6.45, 7) is 0.443. The van der Waals surface area contributed by atoms with E-state index in [1.807, 2.05) is 25.1 Å². The van der Waals surface area contributed by atoms with Crippen LogP contribution in [0.2, 0.25) is 0 Å². The number of hydrogen-bond acceptors (Lipinski definition) is 18. The van der Waals surface area contributed by atoms with Crippen LogP contribution in [-0.4, -0.2) is 77.6 Å². The van der Waals surface area contributed by atoms with Gasteiger partial charge in [-0.25, -0.2) is 14.6 Å². The van der Waals surface area contributed by atoms with Gasteiger partial charge in [0.2, 0.25) is 12.2 Å². The lowest BCUT2D eigenvalue weighted by Crippen LogP contribution is -2.48. The van der Waals surface area contributed by atoms with E-state index in [1.165, 1.54) is 23.6 Å². The van der Waals surface area contributed by atoms with Gasteiger partial charge in [-0.1, -0.05) is 12.1 Å². The molecule has 23 nitrogen and oxygen atoms in total. The highest BCUT2D eigenvalue weighted by Crippen LogP contribution is 2.50. The first kappa shape index (κ1) is 42.2. The van der Waals surface area contributed by atoms with Gasteiger partial charge in [-0.05, 0) is 44.8 Å². The SMILES string of the molecule is CC[C@@]1(OC(=O)CON=C2c3cc([N+](=O)[O-])cc([N+](=O)[O-])c3-c3c2cc([N+](=O)[O-])cc3[N+](=O)[O-])C(=O)OCc2c1cc1n(c2=O)Cc2cc3c(CN(C)C)c(O)ccc3nc2-1.Cl. The quantitative estimate of drug-likeness (QED) is 0.103. The number of fused-ring (bicyclic) bond motifs is 8. The molecule has 8 rings (SSSR count). The van der Waals surface area contributed by atoms with Crippen LogP contribution in [0.3, 0.4) is 0 Å². The molecule has 3 aromatic carbocycles. The molecule has 0 unspecified atom stereocenters. The third-order valence-electron chi connectivity index (χ3n) is 10.6. The van der Waals surface area contributed by atoms with Gasteiger partial charge >= 0.3 is 11.9 Å². The predicted molar refractivity (Wildman–Crippen MR) is 215 cm³/mol. The molecular formula is C38H29ClN8O15. The highest BCUT2D eigenvalue weighted by Gasteiger charge is 2.51. The molecule has 0 saturated carbocycles. The molecule has 2 aliphatic heterocycles. The van der Waals surface area contributed by atoms with Gasteiger partial charge in [-0.3, -0.25) is 45.3 Å². The highest BCUT2D eigenvalue weighted by atomic mass is 35.5. The summed E-state index contributed by atoms with van der Waals surface area (Å²) in [5.74, 6) is -2.20. The van der Waals surface area contributed by atoms with E-state index in [-0.39, 0.29) is 42.2 Å². The van der Waals surface area contributed by atoms with E-state index in [9.17, 15) is 59.9 Å². The number of non-ortho nitro benzene ring substituents is 2. The summed E-state index contributed by atoms with van der Waals surface area (Å²) in [4.78, 5) is 97.0. The smallest absolute Gasteiger partial charge is 0.355 e. The number of halogens is 1. The molecule has 0 bridgehead atoms. The Labute approximate surface area is 351 Å². The first-order chi connectivity index (χ1) is 28.9. The monoisotopic (exact) mass is 872 g/mol. The summed E-state index contributed by atoms with van der Waals surface area (Å²) in [5, 5.41) is 62.9. The van der Waals surface area contributed by atoms with E-state index >= 15 is 0 Å². The Bertz CT molecular complexity index is 2900. The Morgan fingerprint density at radius 2 is 1.55 bits per heavy atom. The number of pyridine rings is 2. The van der Waals surface area contributed by atoms with Crippen molar-refractivity contribution in [2.45, 2.75) is 38.6 Å². The summed E-state index contributed by atoms with van der Waals surface area (Å²) in [5.41, 5.74) is -6.18. The topological polar surface area (TPSA) is 305 Å². The molecule has 0 fully saturated rings. The number of aromatic nitrogens is 2. The minimum Gasteiger partial charge on any atom is -0.508 e. The summed E-state index contributed by atoms with van der Waals surface area (Å²) in [7, 11) is 3.69. The number of carbonyl (C=O) groups is 2. The van der Waals surface area contributed by atoms with Crippen LogP contribution in [0.5, 0.6) is 5.75 Å². The van der Waals surface area contributed by atoms with Gasteiger partial charge < -0.3 is 28.9 Å². The molecule has 2 aromatic heterocycles. The largest absolute Gasteiger partial charge is 0.508 e. The zero-order valence-corrected chi connectivity index (χ0v) is 33.1. The number of carbonyl (C=O) groups excluding carboxylic acids is 2. The third-order valence-corrected chi connectivity index (χ3v) is 10.6. The van der Waals surface area contributed by atoms with Crippen molar-refractivity contribution >= 4 is 63.7 Å². The Hall–Kier alpha value is -7.92. The van der Waals surface area contributed by atoms with Crippen molar-refractivity contribution in [1.29, 1.82) is 0 Å². The van der Waals surface area contributed by atoms with Crippen molar-refractivity contribution < 1.29 is 48.7 Å². The number of nitro benzene ring substituents is 4. The van der Waals surface area contributed by atoms with Crippen LogP contribution in [-0.2, 0) is 49.2 Å². The van der Waals surface area contributed by atoms with E-state index in [0.717, 1.165) is 12.1 Å². The average molecular weight is 873 g/mol. The van der Waals surface area contributed by atoms with Crippen LogP contribution in [0.1, 0.15) is 46.7 Å². The number of aromatic hydroxyl groups is 1. The molecular weight excluding hydrogens is 844 g/mol. The molecule has 0 saturated heterocycles. The number of oxime groups is 1. The fourth-order valence-corrected chi connectivity index (χ4v) is 7.98. The van der Waals surface area contributed by atoms with Gasteiger partial charge in [-0.2, -0.15) is 0 Å². The van der Waals surface area contributed by atoms with Crippen molar-refractivity contribution in [3.05, 3.63) is 133 Å². The first-order valence-corrected chi connectivity index (χ1v) is 18.1. The van der Waals surface area contributed by atoms with Gasteiger partial charge in [-0.15, -0.1) is 12.4 Å². The number of cyclic esters (lactones) is 1. The summed E-state index contributed by atoms with van der Waals surface area (Å²) in [6, 6.07) is 9.24. The molecule has 62 heavy (non-hydrogen) atoms. The minimum absolute atomic E-state index is 0. The zero-order valence-electron chi connectivity index (χ0n) is 32.3. The Morgan fingerprint density at radius 3 is 2.10 bits per heavy atom. The summed E-state index contributed by atoms with van der Waals surface area (Å²) >= 11 is 0. The van der Waals surface area contributed by atoms with Crippen LogP contribution < -0.4 is 5.56 Å². The number of esters is 2. The third kappa shape index (κ3) is 6.55. The molecule has 24 heteroatoms. The molecule has 5 aromatic rings. The van der Waals surface area contributed by atoms with Crippen LogP contribution in [0.15, 0.2) is 58.5 Å². The Morgan fingerprint density at radius 1 is 0.935 bits per heavy atom. The Kier molecular flexibility index (Phi) is 10.4. The number of rotatable bonds is 11. The normalized spacial score (nSPS) is 15.4. The Balaban J connectivity index is 0.00000578. The lowest BCUT2D eigenvalue weighted by molar-refractivity contribution is -0.395. The molecule has 0 amide bonds. The van der Waals surface area contributed by atoms with Crippen LogP contribution >= 0.6 is 12.4 Å². The van der Waals surface area contributed by atoms with E-state index in [0.29, 0.717) is 52.1 Å². The van der Waals surface area contributed by atoms with Gasteiger partial charge in [0.1, 0.15) is 18.1 Å². The van der Waals surface area contributed by atoms with E-state index in [4.69, 9.17) is 19.3 Å². The maximum absolute atomic E-state index is 14.1. The fraction of sp³-hybridized carbons (Fsp3) is 0.237. The second-order valence-corrected chi connectivity index (χ2v) is 14.4. The number of hydrogen-bond donors (Lipinski definition) is 1. The van der Waals surface area contributed by atoms with Crippen molar-refractivity contribution in [2.75, 3.05) is 20.7 Å². The number of phenols is 1. The standard InChI is InChI=1S/C38H28N8O15.ClH/c1-4-38(25-12-29-34-17(13-42(29)36(49)24(25)15-59-37(38)50)7-20-23(14-41(2)3)30(47)6-5-26(20)39-34)61-31(48)16-60-40-35-21-8-18(43(51)52)10-27(45(55)56)32(21)33-22(35)9-19(44(53)54)11-28(33)46(57)58;/h5-12,47H,4,13-16H2,1-3H3;1H/t38-;/m0./s1. The first-order valence-electron chi connectivity index (χ1n) is 18.1. The molecule has 1 N–H and O–H groups in total. The van der Waals surface area contributed by atoms with Gasteiger partial charge in [0, 0.05) is 51.9 Å². The number of ether oxygens (including phenoxy) is 2. The molecule has 0 radical (unpaired) electrons. The van der Waals surface area contributed by atoms with Crippen LogP contribution in [0, 0.1) is 40.5 Å². The minimum atomic E-state index is -2.20. The molecule has 1 atom stereocenters. The van der Waals surface area contributed by atoms with Crippen molar-refractivity contribution in [3.8, 4) is 28.3 Å². The van der Waals surface area contributed by atoms with Crippen molar-refractivity contribution in [2.24, 2.45) is 5.16 Å². The maximum Gasteiger partial charge on any atom is 0.355 e. The van der Waals surface area contributed by atoms with Crippen LogP contribution in [0.25, 0.3) is 33.4 Å². The zero-order chi connectivity index (χ0) is 43.8. The number of benzene rings is 3. The second-order valence-electron chi connectivity index (χ2n) is 14.4. The van der Waals surface area contributed by atoms with Gasteiger partial charge in [0.05, 0.1) is 72.0 Å².